The van der Waals surface area contributed by atoms with Crippen LogP contribution in [-0.2, 0) is 4.74 Å². The molecule has 0 aliphatic rings. The molecule has 0 aliphatic carbocycles. The lowest BCUT2D eigenvalue weighted by Gasteiger charge is -2.29. The molecule has 2 N–H and O–H groups in total. The van der Waals surface area contributed by atoms with Crippen LogP contribution in [0.25, 0.3) is 0 Å². The summed E-state index contributed by atoms with van der Waals surface area (Å²) in [6, 6.07) is 0. The van der Waals surface area contributed by atoms with Crippen LogP contribution in [0, 0.1) is 5.41 Å². The Morgan fingerprint density at radius 3 is 2.50 bits per heavy atom. The fourth-order valence-electron chi connectivity index (χ4n) is 1.55. The fraction of sp³-hybridized carbons (Fsp3) is 0.846. The molecule has 0 atom stereocenters. The Bertz CT molecular complexity index is 159. The van der Waals surface area contributed by atoms with Crippen LogP contribution in [-0.4, -0.2) is 38.0 Å². The molecule has 0 radical (unpaired) electrons. The van der Waals surface area contributed by atoms with E-state index in [1.165, 1.54) is 0 Å². The van der Waals surface area contributed by atoms with Gasteiger partial charge in [0.15, 0.2) is 0 Å². The van der Waals surface area contributed by atoms with Gasteiger partial charge in [-0.2, -0.15) is 0 Å². The zero-order valence-electron chi connectivity index (χ0n) is 10.8. The molecule has 0 aromatic rings. The highest BCUT2D eigenvalue weighted by molar-refractivity contribution is 4.78. The largest absolute Gasteiger partial charge is 0.396 e. The molecule has 0 rings (SSSR count). The number of rotatable bonds is 11. The van der Waals surface area contributed by atoms with Crippen molar-refractivity contribution >= 4 is 0 Å². The van der Waals surface area contributed by atoms with Gasteiger partial charge in [0.05, 0.1) is 13.2 Å². The van der Waals surface area contributed by atoms with E-state index in [4.69, 9.17) is 4.74 Å². The van der Waals surface area contributed by atoms with E-state index >= 15 is 0 Å². The average Bonchev–Trinajstić information content (AvgIpc) is 2.34. The van der Waals surface area contributed by atoms with Crippen molar-refractivity contribution in [3.8, 4) is 0 Å². The maximum atomic E-state index is 9.37. The van der Waals surface area contributed by atoms with Gasteiger partial charge in [-0.15, -0.1) is 6.58 Å². The molecule has 0 aromatic carbocycles. The van der Waals surface area contributed by atoms with Crippen molar-refractivity contribution in [3.63, 3.8) is 0 Å². The molecule has 0 bridgehead atoms. The van der Waals surface area contributed by atoms with Crippen molar-refractivity contribution in [2.45, 2.75) is 33.1 Å². The zero-order valence-corrected chi connectivity index (χ0v) is 10.8. The number of aliphatic hydroxyl groups is 1. The first-order valence-electron chi connectivity index (χ1n) is 6.25. The first-order chi connectivity index (χ1) is 7.74. The molecule has 16 heavy (non-hydrogen) atoms. The van der Waals surface area contributed by atoms with E-state index in [1.807, 2.05) is 6.08 Å². The summed E-state index contributed by atoms with van der Waals surface area (Å²) < 4.78 is 5.39. The predicted molar refractivity (Wildman–Crippen MR) is 68.6 cm³/mol. The molecular formula is C13H27NO2. The molecule has 0 spiro atoms. The lowest BCUT2D eigenvalue weighted by atomic mass is 9.83. The van der Waals surface area contributed by atoms with Gasteiger partial charge < -0.3 is 15.2 Å². The molecular weight excluding hydrogens is 202 g/mol. The Hall–Kier alpha value is -0.380. The zero-order chi connectivity index (χ0) is 12.3. The lowest BCUT2D eigenvalue weighted by molar-refractivity contribution is 0.103. The standard InChI is InChI=1S/C13H27NO2/c1-4-7-9-16-10-8-14-11-13(5-2,6-3)12-15/h4,14-15H,1,5-12H2,2-3H3. The van der Waals surface area contributed by atoms with E-state index in [0.717, 1.165) is 45.6 Å². The third kappa shape index (κ3) is 6.26. The Kier molecular flexibility index (Phi) is 9.59. The van der Waals surface area contributed by atoms with Crippen LogP contribution in [0.15, 0.2) is 12.7 Å². The van der Waals surface area contributed by atoms with Gasteiger partial charge in [-0.25, -0.2) is 0 Å². The van der Waals surface area contributed by atoms with Crippen molar-refractivity contribution < 1.29 is 9.84 Å². The highest BCUT2D eigenvalue weighted by Gasteiger charge is 2.24. The third-order valence-corrected chi connectivity index (χ3v) is 3.22. The van der Waals surface area contributed by atoms with Crippen molar-refractivity contribution in [1.29, 1.82) is 0 Å². The first-order valence-corrected chi connectivity index (χ1v) is 6.25. The molecule has 0 heterocycles. The summed E-state index contributed by atoms with van der Waals surface area (Å²) in [4.78, 5) is 0. The number of nitrogens with one attached hydrogen (secondary N) is 1. The Morgan fingerprint density at radius 1 is 1.31 bits per heavy atom. The Labute approximate surface area is 99.9 Å². The Balaban J connectivity index is 3.51. The summed E-state index contributed by atoms with van der Waals surface area (Å²) in [5, 5.41) is 12.7. The number of hydrogen-bond donors (Lipinski definition) is 2. The van der Waals surface area contributed by atoms with Crippen LogP contribution < -0.4 is 5.32 Å². The summed E-state index contributed by atoms with van der Waals surface area (Å²) >= 11 is 0. The van der Waals surface area contributed by atoms with Crippen molar-refractivity contribution in [3.05, 3.63) is 12.7 Å². The average molecular weight is 229 g/mol. The maximum Gasteiger partial charge on any atom is 0.0591 e. The highest BCUT2D eigenvalue weighted by Crippen LogP contribution is 2.24. The van der Waals surface area contributed by atoms with Crippen LogP contribution >= 0.6 is 0 Å². The van der Waals surface area contributed by atoms with Crippen molar-refractivity contribution in [2.24, 2.45) is 5.41 Å². The molecule has 3 nitrogen and oxygen atoms in total. The summed E-state index contributed by atoms with van der Waals surface area (Å²) in [6.07, 6.45) is 4.78. The van der Waals surface area contributed by atoms with E-state index in [9.17, 15) is 5.11 Å². The van der Waals surface area contributed by atoms with E-state index in [0.29, 0.717) is 0 Å². The molecule has 0 unspecified atom stereocenters. The summed E-state index contributed by atoms with van der Waals surface area (Å²) in [5.74, 6) is 0. The molecule has 3 heteroatoms. The molecule has 0 saturated carbocycles. The summed E-state index contributed by atoms with van der Waals surface area (Å²) in [5.41, 5.74) is 0.0428. The SMILES string of the molecule is C=CCCOCCNCC(CC)(CC)CO. The topological polar surface area (TPSA) is 41.5 Å². The molecule has 96 valence electrons. The second-order valence-corrected chi connectivity index (χ2v) is 4.23. The number of hydrogen-bond acceptors (Lipinski definition) is 3. The predicted octanol–water partition coefficient (Wildman–Crippen LogP) is 1.97. The van der Waals surface area contributed by atoms with E-state index in [1.54, 1.807) is 0 Å². The van der Waals surface area contributed by atoms with E-state index in [-0.39, 0.29) is 12.0 Å². The summed E-state index contributed by atoms with van der Waals surface area (Å²) in [6.45, 7) is 11.3. The second kappa shape index (κ2) is 9.82. The number of aliphatic hydroxyl groups excluding tert-OH is 1. The van der Waals surface area contributed by atoms with Crippen LogP contribution in [0.4, 0.5) is 0 Å². The van der Waals surface area contributed by atoms with Gasteiger partial charge in [0.1, 0.15) is 0 Å². The van der Waals surface area contributed by atoms with Gasteiger partial charge in [-0.05, 0) is 19.3 Å². The minimum atomic E-state index is 0.0428. The molecule has 0 saturated heterocycles. The number of ether oxygens (including phenoxy) is 1. The quantitative estimate of drug-likeness (QED) is 0.420. The van der Waals surface area contributed by atoms with E-state index in [2.05, 4.69) is 25.7 Å². The minimum absolute atomic E-state index is 0.0428. The van der Waals surface area contributed by atoms with Gasteiger partial charge >= 0.3 is 0 Å². The monoisotopic (exact) mass is 229 g/mol. The first kappa shape index (κ1) is 15.6. The van der Waals surface area contributed by atoms with E-state index < -0.39 is 0 Å². The highest BCUT2D eigenvalue weighted by atomic mass is 16.5. The molecule has 0 aromatic heterocycles. The van der Waals surface area contributed by atoms with Gasteiger partial charge in [-0.1, -0.05) is 19.9 Å². The molecule has 0 amide bonds. The van der Waals surface area contributed by atoms with Crippen LogP contribution in [0.1, 0.15) is 33.1 Å². The molecule has 0 aliphatic heterocycles. The maximum absolute atomic E-state index is 9.37. The Morgan fingerprint density at radius 2 is 2.00 bits per heavy atom. The lowest BCUT2D eigenvalue weighted by Crippen LogP contribution is -2.37. The van der Waals surface area contributed by atoms with Gasteiger partial charge in [0.2, 0.25) is 0 Å². The normalized spacial score (nSPS) is 11.7. The third-order valence-electron chi connectivity index (χ3n) is 3.22. The van der Waals surface area contributed by atoms with Gasteiger partial charge in [0, 0.05) is 25.1 Å². The summed E-state index contributed by atoms with van der Waals surface area (Å²) in [7, 11) is 0. The van der Waals surface area contributed by atoms with Crippen LogP contribution in [0.2, 0.25) is 0 Å². The van der Waals surface area contributed by atoms with Crippen LogP contribution in [0.3, 0.4) is 0 Å². The minimum Gasteiger partial charge on any atom is -0.396 e. The molecule has 0 fully saturated rings. The van der Waals surface area contributed by atoms with Gasteiger partial charge in [0.25, 0.3) is 0 Å². The van der Waals surface area contributed by atoms with Crippen molar-refractivity contribution in [2.75, 3.05) is 32.9 Å². The van der Waals surface area contributed by atoms with Crippen molar-refractivity contribution in [1.82, 2.24) is 5.32 Å². The fourth-order valence-corrected chi connectivity index (χ4v) is 1.55. The van der Waals surface area contributed by atoms with Gasteiger partial charge in [-0.3, -0.25) is 0 Å². The second-order valence-electron chi connectivity index (χ2n) is 4.23. The van der Waals surface area contributed by atoms with Crippen LogP contribution in [0.5, 0.6) is 0 Å². The smallest absolute Gasteiger partial charge is 0.0591 e.